The molecule has 1 aromatic carbocycles. The summed E-state index contributed by atoms with van der Waals surface area (Å²) in [4.78, 5) is 4.39. The molecule has 2 rings (SSSR count). The van der Waals surface area contributed by atoms with Gasteiger partial charge >= 0.3 is 0 Å². The fraction of sp³-hybridized carbons (Fsp3) is 0.667. The van der Waals surface area contributed by atoms with Gasteiger partial charge in [-0.15, -0.1) is 24.0 Å². The SMILES string of the molecule is CCOCCCCNC(=NC)NCC1(c2ccccc2C)CCOCC1.I. The van der Waals surface area contributed by atoms with Gasteiger partial charge in [-0.2, -0.15) is 0 Å². The molecule has 0 aliphatic carbocycles. The monoisotopic (exact) mass is 489 g/mol. The van der Waals surface area contributed by atoms with Crippen LogP contribution in [-0.2, 0) is 14.9 Å². The van der Waals surface area contributed by atoms with Crippen molar-refractivity contribution in [2.45, 2.75) is 44.9 Å². The summed E-state index contributed by atoms with van der Waals surface area (Å²) >= 11 is 0. The Bertz CT molecular complexity index is 560. The summed E-state index contributed by atoms with van der Waals surface area (Å²) < 4.78 is 11.0. The normalized spacial score (nSPS) is 16.5. The summed E-state index contributed by atoms with van der Waals surface area (Å²) in [5.74, 6) is 0.876. The van der Waals surface area contributed by atoms with E-state index in [9.17, 15) is 0 Å². The van der Waals surface area contributed by atoms with E-state index in [1.165, 1.54) is 11.1 Å². The third-order valence-electron chi connectivity index (χ3n) is 5.20. The first-order valence-electron chi connectivity index (χ1n) is 9.88. The first-order chi connectivity index (χ1) is 12.7. The molecule has 27 heavy (non-hydrogen) atoms. The molecule has 1 aliphatic rings. The van der Waals surface area contributed by atoms with Gasteiger partial charge in [-0.3, -0.25) is 4.99 Å². The van der Waals surface area contributed by atoms with Crippen molar-refractivity contribution >= 4 is 29.9 Å². The summed E-state index contributed by atoms with van der Waals surface area (Å²) in [6, 6.07) is 8.73. The van der Waals surface area contributed by atoms with E-state index in [1.807, 2.05) is 14.0 Å². The van der Waals surface area contributed by atoms with Crippen LogP contribution in [-0.4, -0.2) is 52.5 Å². The highest BCUT2D eigenvalue weighted by Gasteiger charge is 2.35. The molecular weight excluding hydrogens is 453 g/mol. The van der Waals surface area contributed by atoms with E-state index < -0.39 is 0 Å². The van der Waals surface area contributed by atoms with Crippen molar-refractivity contribution in [1.82, 2.24) is 10.6 Å². The summed E-state index contributed by atoms with van der Waals surface area (Å²) in [7, 11) is 1.83. The number of halogens is 1. The molecule has 0 bridgehead atoms. The van der Waals surface area contributed by atoms with E-state index in [4.69, 9.17) is 9.47 Å². The Hall–Kier alpha value is -0.860. The molecule has 0 saturated carbocycles. The lowest BCUT2D eigenvalue weighted by Crippen LogP contribution is -2.48. The van der Waals surface area contributed by atoms with Gasteiger partial charge in [0.05, 0.1) is 0 Å². The second-order valence-corrected chi connectivity index (χ2v) is 6.96. The first kappa shape index (κ1) is 24.2. The Kier molecular flexibility index (Phi) is 11.9. The average molecular weight is 489 g/mol. The topological polar surface area (TPSA) is 54.9 Å². The van der Waals surface area contributed by atoms with Crippen molar-refractivity contribution in [2.75, 3.05) is 46.6 Å². The zero-order valence-electron chi connectivity index (χ0n) is 17.1. The predicted molar refractivity (Wildman–Crippen MR) is 123 cm³/mol. The predicted octanol–water partition coefficient (Wildman–Crippen LogP) is 3.64. The fourth-order valence-corrected chi connectivity index (χ4v) is 3.63. The van der Waals surface area contributed by atoms with Gasteiger partial charge in [0.1, 0.15) is 0 Å². The third-order valence-corrected chi connectivity index (χ3v) is 5.20. The number of guanidine groups is 1. The molecule has 1 heterocycles. The lowest BCUT2D eigenvalue weighted by molar-refractivity contribution is 0.0512. The second kappa shape index (κ2) is 13.3. The Morgan fingerprint density at radius 1 is 1.19 bits per heavy atom. The van der Waals surface area contributed by atoms with Crippen LogP contribution in [0.1, 0.15) is 43.7 Å². The maximum absolute atomic E-state index is 5.65. The number of unbranched alkanes of at least 4 members (excludes halogenated alkanes) is 1. The van der Waals surface area contributed by atoms with Crippen LogP contribution in [0, 0.1) is 6.92 Å². The molecule has 6 heteroatoms. The molecule has 2 N–H and O–H groups in total. The van der Waals surface area contributed by atoms with Crippen LogP contribution in [0.15, 0.2) is 29.3 Å². The molecule has 154 valence electrons. The van der Waals surface area contributed by atoms with Gasteiger partial charge < -0.3 is 20.1 Å². The average Bonchev–Trinajstić information content (AvgIpc) is 2.68. The van der Waals surface area contributed by atoms with Crippen molar-refractivity contribution in [3.63, 3.8) is 0 Å². The maximum atomic E-state index is 5.65. The Morgan fingerprint density at radius 2 is 1.93 bits per heavy atom. The van der Waals surface area contributed by atoms with Crippen LogP contribution in [0.4, 0.5) is 0 Å². The molecule has 0 atom stereocenters. The van der Waals surface area contributed by atoms with E-state index in [0.717, 1.165) is 71.2 Å². The lowest BCUT2D eigenvalue weighted by Gasteiger charge is -2.39. The summed E-state index contributed by atoms with van der Waals surface area (Å²) in [5, 5.41) is 6.98. The number of nitrogens with zero attached hydrogens (tertiary/aromatic N) is 1. The van der Waals surface area contributed by atoms with Crippen molar-refractivity contribution in [1.29, 1.82) is 0 Å². The van der Waals surface area contributed by atoms with Crippen molar-refractivity contribution in [3.8, 4) is 0 Å². The summed E-state index contributed by atoms with van der Waals surface area (Å²) in [5.41, 5.74) is 2.90. The number of rotatable bonds is 9. The lowest BCUT2D eigenvalue weighted by atomic mass is 9.72. The standard InChI is InChI=1S/C21H35N3O2.HI/c1-4-25-14-8-7-13-23-20(22-3)24-17-21(11-15-26-16-12-21)19-10-6-5-9-18(19)2;/h5-6,9-10H,4,7-8,11-17H2,1-3H3,(H2,22,23,24);1H. The van der Waals surface area contributed by atoms with Crippen LogP contribution in [0.25, 0.3) is 0 Å². The van der Waals surface area contributed by atoms with Gasteiger partial charge in [0.25, 0.3) is 0 Å². The van der Waals surface area contributed by atoms with E-state index in [-0.39, 0.29) is 29.4 Å². The fourth-order valence-electron chi connectivity index (χ4n) is 3.63. The van der Waals surface area contributed by atoms with E-state index in [0.29, 0.717) is 0 Å². The number of aliphatic imine (C=N–C) groups is 1. The zero-order chi connectivity index (χ0) is 18.7. The maximum Gasteiger partial charge on any atom is 0.191 e. The minimum absolute atomic E-state index is 0. The molecule has 0 amide bonds. The van der Waals surface area contributed by atoms with Gasteiger partial charge in [-0.25, -0.2) is 0 Å². The molecule has 5 nitrogen and oxygen atoms in total. The van der Waals surface area contributed by atoms with Gasteiger partial charge in [0.2, 0.25) is 0 Å². The molecule has 0 aromatic heterocycles. The molecule has 0 spiro atoms. The highest BCUT2D eigenvalue weighted by molar-refractivity contribution is 14.0. The molecule has 0 radical (unpaired) electrons. The molecule has 1 aliphatic heterocycles. The Morgan fingerprint density at radius 3 is 2.59 bits per heavy atom. The Balaban J connectivity index is 0.00000364. The Labute approximate surface area is 181 Å². The summed E-state index contributed by atoms with van der Waals surface area (Å²) in [6.07, 6.45) is 4.23. The van der Waals surface area contributed by atoms with Crippen LogP contribution < -0.4 is 10.6 Å². The molecule has 1 saturated heterocycles. The van der Waals surface area contributed by atoms with E-state index >= 15 is 0 Å². The number of hydrogen-bond acceptors (Lipinski definition) is 3. The van der Waals surface area contributed by atoms with Crippen LogP contribution in [0.5, 0.6) is 0 Å². The van der Waals surface area contributed by atoms with Crippen LogP contribution in [0.3, 0.4) is 0 Å². The largest absolute Gasteiger partial charge is 0.382 e. The minimum Gasteiger partial charge on any atom is -0.382 e. The molecule has 0 unspecified atom stereocenters. The number of benzene rings is 1. The van der Waals surface area contributed by atoms with Gasteiger partial charge in [-0.05, 0) is 50.7 Å². The van der Waals surface area contributed by atoms with Gasteiger partial charge in [0, 0.05) is 52.0 Å². The second-order valence-electron chi connectivity index (χ2n) is 6.96. The number of ether oxygens (including phenoxy) is 2. The highest BCUT2D eigenvalue weighted by Crippen LogP contribution is 2.36. The van der Waals surface area contributed by atoms with Gasteiger partial charge in [0.15, 0.2) is 5.96 Å². The minimum atomic E-state index is 0. The quantitative estimate of drug-likeness (QED) is 0.241. The van der Waals surface area contributed by atoms with Crippen molar-refractivity contribution in [3.05, 3.63) is 35.4 Å². The smallest absolute Gasteiger partial charge is 0.191 e. The van der Waals surface area contributed by atoms with E-state index in [1.54, 1.807) is 0 Å². The first-order valence-corrected chi connectivity index (χ1v) is 9.88. The highest BCUT2D eigenvalue weighted by atomic mass is 127. The van der Waals surface area contributed by atoms with Crippen molar-refractivity contribution < 1.29 is 9.47 Å². The number of hydrogen-bond donors (Lipinski definition) is 2. The zero-order valence-corrected chi connectivity index (χ0v) is 19.4. The number of nitrogens with one attached hydrogen (secondary N) is 2. The summed E-state index contributed by atoms with van der Waals surface area (Å²) in [6.45, 7) is 9.29. The van der Waals surface area contributed by atoms with E-state index in [2.05, 4.69) is 46.8 Å². The molecular formula is C21H36IN3O2. The number of aryl methyl sites for hydroxylation is 1. The molecule has 1 aromatic rings. The third kappa shape index (κ3) is 7.58. The molecule has 1 fully saturated rings. The van der Waals surface area contributed by atoms with Crippen LogP contribution in [0.2, 0.25) is 0 Å². The van der Waals surface area contributed by atoms with Gasteiger partial charge in [-0.1, -0.05) is 24.3 Å². The van der Waals surface area contributed by atoms with Crippen molar-refractivity contribution in [2.24, 2.45) is 4.99 Å². The van der Waals surface area contributed by atoms with Crippen LogP contribution >= 0.6 is 24.0 Å².